The van der Waals surface area contributed by atoms with Gasteiger partial charge in [-0.05, 0) is 31.0 Å². The Kier molecular flexibility index (Phi) is 5.31. The van der Waals surface area contributed by atoms with Gasteiger partial charge in [0.25, 0.3) is 0 Å². The number of hydrogen-bond acceptors (Lipinski definition) is 3. The summed E-state index contributed by atoms with van der Waals surface area (Å²) >= 11 is 0. The lowest BCUT2D eigenvalue weighted by Gasteiger charge is -2.07. The van der Waals surface area contributed by atoms with Crippen LogP contribution in [0.5, 0.6) is 0 Å². The standard InChI is InChI=1S/C12H18N2O2S/c1-9-3-4-10(2)11(7-9)17(16)8-12(15)14-6-5-13/h3-4,7H,5-6,8,13H2,1-2H3,(H,14,15). The van der Waals surface area contributed by atoms with Crippen molar-refractivity contribution in [2.45, 2.75) is 18.7 Å². The molecule has 0 aliphatic heterocycles. The molecule has 3 N–H and O–H groups in total. The van der Waals surface area contributed by atoms with Gasteiger partial charge < -0.3 is 11.1 Å². The molecule has 5 heteroatoms. The fraction of sp³-hybridized carbons (Fsp3) is 0.417. The molecule has 1 amide bonds. The summed E-state index contributed by atoms with van der Waals surface area (Å²) in [6, 6.07) is 5.74. The SMILES string of the molecule is Cc1ccc(C)c(S(=O)CC(=O)NCCN)c1. The van der Waals surface area contributed by atoms with Crippen molar-refractivity contribution < 1.29 is 9.00 Å². The van der Waals surface area contributed by atoms with Crippen LogP contribution in [0.2, 0.25) is 0 Å². The molecule has 0 fully saturated rings. The quantitative estimate of drug-likeness (QED) is 0.803. The number of carbonyl (C=O) groups excluding carboxylic acids is 1. The van der Waals surface area contributed by atoms with Gasteiger partial charge in [-0.25, -0.2) is 0 Å². The molecule has 0 saturated carbocycles. The molecule has 17 heavy (non-hydrogen) atoms. The summed E-state index contributed by atoms with van der Waals surface area (Å²) in [6.45, 7) is 4.64. The molecule has 0 bridgehead atoms. The van der Waals surface area contributed by atoms with Gasteiger partial charge in [0, 0.05) is 18.0 Å². The highest BCUT2D eigenvalue weighted by atomic mass is 32.2. The van der Waals surface area contributed by atoms with E-state index in [1.807, 2.05) is 32.0 Å². The number of carbonyl (C=O) groups is 1. The summed E-state index contributed by atoms with van der Waals surface area (Å²) in [6.07, 6.45) is 0. The molecule has 94 valence electrons. The van der Waals surface area contributed by atoms with E-state index in [0.29, 0.717) is 13.1 Å². The zero-order chi connectivity index (χ0) is 12.8. The fourth-order valence-corrected chi connectivity index (χ4v) is 2.65. The van der Waals surface area contributed by atoms with Gasteiger partial charge >= 0.3 is 0 Å². The minimum absolute atomic E-state index is 0.00963. The highest BCUT2D eigenvalue weighted by Crippen LogP contribution is 2.15. The highest BCUT2D eigenvalue weighted by molar-refractivity contribution is 7.85. The summed E-state index contributed by atoms with van der Waals surface area (Å²) in [5, 5.41) is 2.61. The smallest absolute Gasteiger partial charge is 0.233 e. The van der Waals surface area contributed by atoms with Crippen LogP contribution in [0.1, 0.15) is 11.1 Å². The zero-order valence-electron chi connectivity index (χ0n) is 10.2. The fourth-order valence-electron chi connectivity index (χ4n) is 1.41. The van der Waals surface area contributed by atoms with E-state index in [-0.39, 0.29) is 11.7 Å². The van der Waals surface area contributed by atoms with E-state index < -0.39 is 10.8 Å². The summed E-state index contributed by atoms with van der Waals surface area (Å²) in [5.74, 6) is -0.237. The third-order valence-corrected chi connectivity index (χ3v) is 3.77. The van der Waals surface area contributed by atoms with Crippen LogP contribution in [-0.4, -0.2) is 29.0 Å². The van der Waals surface area contributed by atoms with Gasteiger partial charge in [0.1, 0.15) is 5.75 Å². The molecule has 0 radical (unpaired) electrons. The number of rotatable bonds is 5. The second-order valence-corrected chi connectivity index (χ2v) is 5.32. The van der Waals surface area contributed by atoms with Gasteiger partial charge in [-0.15, -0.1) is 0 Å². The van der Waals surface area contributed by atoms with Gasteiger partial charge in [-0.2, -0.15) is 0 Å². The van der Waals surface area contributed by atoms with E-state index in [1.165, 1.54) is 0 Å². The Morgan fingerprint density at radius 1 is 1.41 bits per heavy atom. The maximum Gasteiger partial charge on any atom is 0.233 e. The van der Waals surface area contributed by atoms with Crippen molar-refractivity contribution in [2.24, 2.45) is 5.73 Å². The normalized spacial score (nSPS) is 12.2. The largest absolute Gasteiger partial charge is 0.354 e. The molecule has 0 saturated heterocycles. The molecular weight excluding hydrogens is 236 g/mol. The number of benzene rings is 1. The first-order chi connectivity index (χ1) is 8.04. The Morgan fingerprint density at radius 2 is 2.12 bits per heavy atom. The molecule has 0 heterocycles. The van der Waals surface area contributed by atoms with Gasteiger partial charge in [0.15, 0.2) is 0 Å². The van der Waals surface area contributed by atoms with Crippen molar-refractivity contribution in [2.75, 3.05) is 18.8 Å². The third kappa shape index (κ3) is 4.28. The molecule has 0 spiro atoms. The van der Waals surface area contributed by atoms with Crippen LogP contribution in [-0.2, 0) is 15.6 Å². The number of nitrogens with one attached hydrogen (secondary N) is 1. The van der Waals surface area contributed by atoms with Crippen molar-refractivity contribution in [3.8, 4) is 0 Å². The number of nitrogens with two attached hydrogens (primary N) is 1. The second-order valence-electron chi connectivity index (χ2n) is 3.90. The van der Waals surface area contributed by atoms with E-state index in [2.05, 4.69) is 5.32 Å². The van der Waals surface area contributed by atoms with Crippen LogP contribution in [0.25, 0.3) is 0 Å². The molecule has 1 aromatic rings. The van der Waals surface area contributed by atoms with Crippen molar-refractivity contribution in [3.63, 3.8) is 0 Å². The third-order valence-electron chi connectivity index (χ3n) is 2.32. The molecule has 1 aromatic carbocycles. The molecule has 0 aromatic heterocycles. The van der Waals surface area contributed by atoms with Gasteiger partial charge in [-0.3, -0.25) is 9.00 Å². The van der Waals surface area contributed by atoms with Gasteiger partial charge in [0.2, 0.25) is 5.91 Å². The van der Waals surface area contributed by atoms with Crippen molar-refractivity contribution in [3.05, 3.63) is 29.3 Å². The van der Waals surface area contributed by atoms with Crippen LogP contribution < -0.4 is 11.1 Å². The Hall–Kier alpha value is -1.20. The van der Waals surface area contributed by atoms with Crippen molar-refractivity contribution >= 4 is 16.7 Å². The van der Waals surface area contributed by atoms with E-state index in [1.54, 1.807) is 0 Å². The number of amides is 1. The number of aryl methyl sites for hydroxylation is 2. The predicted octanol–water partition coefficient (Wildman–Crippen LogP) is 0.486. The van der Waals surface area contributed by atoms with E-state index in [9.17, 15) is 9.00 Å². The highest BCUT2D eigenvalue weighted by Gasteiger charge is 2.11. The lowest BCUT2D eigenvalue weighted by molar-refractivity contribution is -0.118. The van der Waals surface area contributed by atoms with Crippen LogP contribution in [0, 0.1) is 13.8 Å². The molecule has 1 atom stereocenters. The lowest BCUT2D eigenvalue weighted by Crippen LogP contribution is -2.32. The average Bonchev–Trinajstić information content (AvgIpc) is 2.29. The van der Waals surface area contributed by atoms with E-state index in [0.717, 1.165) is 16.0 Å². The Morgan fingerprint density at radius 3 is 2.76 bits per heavy atom. The summed E-state index contributed by atoms with van der Waals surface area (Å²) < 4.78 is 12.0. The van der Waals surface area contributed by atoms with Gasteiger partial charge in [0.05, 0.1) is 10.8 Å². The zero-order valence-corrected chi connectivity index (χ0v) is 11.0. The van der Waals surface area contributed by atoms with Crippen molar-refractivity contribution in [1.82, 2.24) is 5.32 Å². The first-order valence-corrected chi connectivity index (χ1v) is 6.79. The summed E-state index contributed by atoms with van der Waals surface area (Å²) in [4.78, 5) is 12.2. The predicted molar refractivity (Wildman–Crippen MR) is 69.3 cm³/mol. The van der Waals surface area contributed by atoms with Crippen LogP contribution in [0.4, 0.5) is 0 Å². The maximum absolute atomic E-state index is 12.0. The first-order valence-electron chi connectivity index (χ1n) is 5.47. The van der Waals surface area contributed by atoms with E-state index >= 15 is 0 Å². The molecule has 0 aliphatic rings. The molecule has 1 rings (SSSR count). The first kappa shape index (κ1) is 13.9. The minimum Gasteiger partial charge on any atom is -0.354 e. The monoisotopic (exact) mass is 254 g/mol. The lowest BCUT2D eigenvalue weighted by atomic mass is 10.2. The minimum atomic E-state index is -1.29. The Balaban J connectivity index is 2.69. The van der Waals surface area contributed by atoms with Crippen LogP contribution >= 0.6 is 0 Å². The summed E-state index contributed by atoms with van der Waals surface area (Å²) in [5.41, 5.74) is 7.26. The average molecular weight is 254 g/mol. The van der Waals surface area contributed by atoms with Crippen molar-refractivity contribution in [1.29, 1.82) is 0 Å². The maximum atomic E-state index is 12.0. The Bertz CT molecular complexity index is 433. The van der Waals surface area contributed by atoms with E-state index in [4.69, 9.17) is 5.73 Å². The van der Waals surface area contributed by atoms with Crippen LogP contribution in [0.3, 0.4) is 0 Å². The second kappa shape index (κ2) is 6.51. The topological polar surface area (TPSA) is 72.2 Å². The molecule has 4 nitrogen and oxygen atoms in total. The molecule has 0 aliphatic carbocycles. The Labute approximate surface area is 104 Å². The summed E-state index contributed by atoms with van der Waals surface area (Å²) in [7, 11) is -1.29. The molecular formula is C12H18N2O2S. The number of hydrogen-bond donors (Lipinski definition) is 2. The molecule has 1 unspecified atom stereocenters. The van der Waals surface area contributed by atoms with Crippen LogP contribution in [0.15, 0.2) is 23.1 Å². The van der Waals surface area contributed by atoms with Gasteiger partial charge in [-0.1, -0.05) is 12.1 Å².